The first-order chi connectivity index (χ1) is 16.0. The van der Waals surface area contributed by atoms with Gasteiger partial charge in [-0.25, -0.2) is 4.79 Å². The van der Waals surface area contributed by atoms with Crippen molar-refractivity contribution in [2.75, 3.05) is 19.0 Å². The van der Waals surface area contributed by atoms with Crippen LogP contribution >= 0.6 is 0 Å². The average Bonchev–Trinajstić information content (AvgIpc) is 2.84. The van der Waals surface area contributed by atoms with Crippen molar-refractivity contribution in [3.63, 3.8) is 0 Å². The highest BCUT2D eigenvalue weighted by molar-refractivity contribution is 6.00. The Morgan fingerprint density at radius 2 is 1.64 bits per heavy atom. The van der Waals surface area contributed by atoms with Gasteiger partial charge in [0.1, 0.15) is 23.1 Å². The number of amides is 1. The van der Waals surface area contributed by atoms with Gasteiger partial charge in [-0.15, -0.1) is 0 Å². The summed E-state index contributed by atoms with van der Waals surface area (Å²) in [6.07, 6.45) is 1.38. The number of hydrogen-bond acceptors (Lipinski definition) is 6. The van der Waals surface area contributed by atoms with Crippen molar-refractivity contribution in [2.45, 2.75) is 6.92 Å². The minimum Gasteiger partial charge on any atom is -0.497 e. The number of carbonyl (C=O) groups is 2. The van der Waals surface area contributed by atoms with Crippen molar-refractivity contribution in [1.82, 2.24) is 0 Å². The largest absolute Gasteiger partial charge is 0.497 e. The van der Waals surface area contributed by atoms with E-state index in [-0.39, 0.29) is 5.57 Å². The number of benzene rings is 3. The van der Waals surface area contributed by atoms with E-state index in [1.165, 1.54) is 6.08 Å². The maximum absolute atomic E-state index is 12.3. The zero-order chi connectivity index (χ0) is 23.6. The van der Waals surface area contributed by atoms with Crippen LogP contribution in [0.4, 0.5) is 5.69 Å². The zero-order valence-electron chi connectivity index (χ0n) is 18.2. The lowest BCUT2D eigenvalue weighted by molar-refractivity contribution is -0.142. The molecule has 0 bridgehead atoms. The van der Waals surface area contributed by atoms with Crippen LogP contribution < -0.4 is 14.8 Å². The molecule has 0 radical (unpaired) electrons. The number of carbonyl (C=O) groups excluding carboxylic acids is 2. The Bertz CT molecular complexity index is 1190. The summed E-state index contributed by atoms with van der Waals surface area (Å²) in [5.74, 6) is 0.253. The normalized spacial score (nSPS) is 10.6. The number of nitriles is 1. The number of ether oxygens (including phenoxy) is 3. The molecule has 0 aliphatic carbocycles. The molecule has 7 heteroatoms. The third kappa shape index (κ3) is 6.71. The highest BCUT2D eigenvalue weighted by Crippen LogP contribution is 2.29. The van der Waals surface area contributed by atoms with Gasteiger partial charge in [0.25, 0.3) is 5.91 Å². The highest BCUT2D eigenvalue weighted by Gasteiger charge is 2.15. The molecule has 1 N–H and O–H groups in total. The summed E-state index contributed by atoms with van der Waals surface area (Å²) in [6, 6.07) is 23.0. The molecule has 166 valence electrons. The Labute approximate surface area is 191 Å². The fourth-order valence-corrected chi connectivity index (χ4v) is 2.79. The Kier molecular flexibility index (Phi) is 7.81. The van der Waals surface area contributed by atoms with Crippen LogP contribution in [0, 0.1) is 18.3 Å². The predicted molar refractivity (Wildman–Crippen MR) is 124 cm³/mol. The molecule has 0 heterocycles. The van der Waals surface area contributed by atoms with Crippen molar-refractivity contribution in [1.29, 1.82) is 5.26 Å². The van der Waals surface area contributed by atoms with Gasteiger partial charge in [0.05, 0.1) is 12.8 Å². The molecule has 0 unspecified atom stereocenters. The summed E-state index contributed by atoms with van der Waals surface area (Å²) in [6.45, 7) is 1.42. The van der Waals surface area contributed by atoms with Gasteiger partial charge in [0, 0.05) is 0 Å². The van der Waals surface area contributed by atoms with E-state index in [2.05, 4.69) is 5.32 Å². The van der Waals surface area contributed by atoms with E-state index in [0.717, 1.165) is 5.56 Å². The fourth-order valence-electron chi connectivity index (χ4n) is 2.79. The molecule has 3 rings (SSSR count). The van der Waals surface area contributed by atoms with Gasteiger partial charge >= 0.3 is 5.97 Å². The maximum atomic E-state index is 12.3. The molecule has 3 aromatic rings. The third-order valence-corrected chi connectivity index (χ3v) is 4.51. The molecule has 33 heavy (non-hydrogen) atoms. The van der Waals surface area contributed by atoms with E-state index in [1.807, 2.05) is 31.2 Å². The summed E-state index contributed by atoms with van der Waals surface area (Å²) < 4.78 is 15.9. The molecule has 0 atom stereocenters. The van der Waals surface area contributed by atoms with Crippen LogP contribution in [-0.4, -0.2) is 25.6 Å². The van der Waals surface area contributed by atoms with Crippen LogP contribution in [0.1, 0.15) is 11.1 Å². The maximum Gasteiger partial charge on any atom is 0.349 e. The smallest absolute Gasteiger partial charge is 0.349 e. The second-order valence-electron chi connectivity index (χ2n) is 6.98. The third-order valence-electron chi connectivity index (χ3n) is 4.51. The lowest BCUT2D eigenvalue weighted by Crippen LogP contribution is -2.21. The minimum absolute atomic E-state index is 0.226. The van der Waals surface area contributed by atoms with Gasteiger partial charge < -0.3 is 19.5 Å². The lowest BCUT2D eigenvalue weighted by atomic mass is 10.1. The van der Waals surface area contributed by atoms with E-state index in [1.54, 1.807) is 61.7 Å². The molecule has 0 fully saturated rings. The van der Waals surface area contributed by atoms with Gasteiger partial charge in [0.2, 0.25) is 0 Å². The number of nitrogens with zero attached hydrogens (tertiary/aromatic N) is 1. The second kappa shape index (κ2) is 11.2. The van der Waals surface area contributed by atoms with Crippen LogP contribution in [0.2, 0.25) is 0 Å². The van der Waals surface area contributed by atoms with E-state index in [4.69, 9.17) is 14.2 Å². The van der Waals surface area contributed by atoms with Crippen LogP contribution in [0.25, 0.3) is 6.08 Å². The van der Waals surface area contributed by atoms with Crippen molar-refractivity contribution in [2.24, 2.45) is 0 Å². The number of rotatable bonds is 8. The number of methoxy groups -OCH3 is 1. The molecule has 0 aromatic heterocycles. The molecule has 3 aromatic carbocycles. The summed E-state index contributed by atoms with van der Waals surface area (Å²) >= 11 is 0. The van der Waals surface area contributed by atoms with Crippen LogP contribution in [-0.2, 0) is 14.3 Å². The molecule has 0 aliphatic rings. The molecule has 7 nitrogen and oxygen atoms in total. The Morgan fingerprint density at radius 3 is 2.30 bits per heavy atom. The van der Waals surface area contributed by atoms with Crippen molar-refractivity contribution in [3.8, 4) is 23.3 Å². The molecule has 0 spiro atoms. The monoisotopic (exact) mass is 442 g/mol. The van der Waals surface area contributed by atoms with Gasteiger partial charge in [-0.05, 0) is 55.0 Å². The highest BCUT2D eigenvalue weighted by atomic mass is 16.5. The van der Waals surface area contributed by atoms with E-state index in [9.17, 15) is 14.9 Å². The minimum atomic E-state index is -0.896. The van der Waals surface area contributed by atoms with Crippen LogP contribution in [0.15, 0.2) is 78.4 Å². The van der Waals surface area contributed by atoms with Crippen LogP contribution in [0.5, 0.6) is 17.2 Å². The van der Waals surface area contributed by atoms with Crippen LogP contribution in [0.3, 0.4) is 0 Å². The zero-order valence-corrected chi connectivity index (χ0v) is 18.2. The summed E-state index contributed by atoms with van der Waals surface area (Å²) in [5, 5.41) is 12.0. The first-order valence-corrected chi connectivity index (χ1v) is 10.0. The lowest BCUT2D eigenvalue weighted by Gasteiger charge is -2.12. The Balaban J connectivity index is 1.60. The number of aryl methyl sites for hydroxylation is 1. The Hall–Kier alpha value is -4.57. The van der Waals surface area contributed by atoms with Gasteiger partial charge in [-0.3, -0.25) is 4.79 Å². The first-order valence-electron chi connectivity index (χ1n) is 10.0. The molecule has 0 saturated carbocycles. The van der Waals surface area contributed by atoms with Gasteiger partial charge in [-0.2, -0.15) is 5.26 Å². The number of esters is 1. The number of hydrogen-bond donors (Lipinski definition) is 1. The molecular weight excluding hydrogens is 420 g/mol. The van der Waals surface area contributed by atoms with Crippen molar-refractivity contribution in [3.05, 3.63) is 89.5 Å². The number of para-hydroxylation sites is 2. The average molecular weight is 442 g/mol. The fraction of sp³-hybridized carbons (Fsp3) is 0.115. The van der Waals surface area contributed by atoms with Crippen molar-refractivity contribution >= 4 is 23.6 Å². The topological polar surface area (TPSA) is 97.6 Å². The standard InChI is InChI=1S/C26H22N2O5/c1-18-7-11-22(12-8-18)33-24-6-4-3-5-23(24)28-25(29)17-32-26(30)20(16-27)15-19-9-13-21(31-2)14-10-19/h3-15H,17H2,1-2H3,(H,28,29)/b20-15+. The number of anilines is 1. The summed E-state index contributed by atoms with van der Waals surface area (Å²) in [7, 11) is 1.54. The SMILES string of the molecule is COc1ccc(/C=C(\C#N)C(=O)OCC(=O)Nc2ccccc2Oc2ccc(C)cc2)cc1. The first kappa shape index (κ1) is 23.1. The molecule has 0 saturated heterocycles. The van der Waals surface area contributed by atoms with E-state index < -0.39 is 18.5 Å². The molecule has 0 aliphatic heterocycles. The summed E-state index contributed by atoms with van der Waals surface area (Å²) in [5.41, 5.74) is 1.92. The van der Waals surface area contributed by atoms with Crippen molar-refractivity contribution < 1.29 is 23.8 Å². The van der Waals surface area contributed by atoms with E-state index >= 15 is 0 Å². The number of nitrogens with one attached hydrogen (secondary N) is 1. The van der Waals surface area contributed by atoms with E-state index in [0.29, 0.717) is 28.5 Å². The Morgan fingerprint density at radius 1 is 0.970 bits per heavy atom. The molecule has 1 amide bonds. The predicted octanol–water partition coefficient (Wildman–Crippen LogP) is 4.88. The molecular formula is C26H22N2O5. The summed E-state index contributed by atoms with van der Waals surface area (Å²) in [4.78, 5) is 24.6. The second-order valence-corrected chi connectivity index (χ2v) is 6.98. The quantitative estimate of drug-likeness (QED) is 0.303. The van der Waals surface area contributed by atoms with Gasteiger partial charge in [-0.1, -0.05) is 42.0 Å². The van der Waals surface area contributed by atoms with Gasteiger partial charge in [0.15, 0.2) is 12.4 Å².